The van der Waals surface area contributed by atoms with Crippen molar-refractivity contribution in [2.24, 2.45) is 13.0 Å². The summed E-state index contributed by atoms with van der Waals surface area (Å²) in [5.41, 5.74) is -0.393. The first-order chi connectivity index (χ1) is 12.5. The fourth-order valence-corrected chi connectivity index (χ4v) is 3.77. The van der Waals surface area contributed by atoms with Gasteiger partial charge in [0.2, 0.25) is 5.91 Å². The second-order valence-corrected chi connectivity index (χ2v) is 7.17. The highest BCUT2D eigenvalue weighted by atomic mass is 16.2. The maximum Gasteiger partial charge on any atom is 0.329 e. The van der Waals surface area contributed by atoms with Gasteiger partial charge in [0.25, 0.3) is 5.56 Å². The van der Waals surface area contributed by atoms with Gasteiger partial charge in [-0.05, 0) is 25.2 Å². The van der Waals surface area contributed by atoms with Crippen LogP contribution in [-0.2, 0) is 18.3 Å². The number of nitrogens with one attached hydrogen (secondary N) is 2. The molecule has 26 heavy (non-hydrogen) atoms. The third-order valence-electron chi connectivity index (χ3n) is 5.28. The van der Waals surface area contributed by atoms with E-state index >= 15 is 0 Å². The van der Waals surface area contributed by atoms with E-state index in [2.05, 4.69) is 21.9 Å². The van der Waals surface area contributed by atoms with E-state index in [0.717, 1.165) is 31.8 Å². The Balaban J connectivity index is 1.64. The van der Waals surface area contributed by atoms with Gasteiger partial charge in [-0.15, -0.1) is 0 Å². The standard InChI is InChI=1S/C18H27N5O3/c1-3-5-12-6-4-10-23(11-9-12)14(24)8-7-13-19-15-16(20-13)22(2)18(26)21-17(15)25/h12H,3-11H2,1-2H3,(H,19,20)(H,21,25,26). The van der Waals surface area contributed by atoms with Gasteiger partial charge in [0.1, 0.15) is 11.3 Å². The third-order valence-corrected chi connectivity index (χ3v) is 5.28. The van der Waals surface area contributed by atoms with Gasteiger partial charge in [-0.2, -0.15) is 0 Å². The Morgan fingerprint density at radius 3 is 2.81 bits per heavy atom. The lowest BCUT2D eigenvalue weighted by Gasteiger charge is -2.20. The number of hydrogen-bond acceptors (Lipinski definition) is 4. The highest BCUT2D eigenvalue weighted by Crippen LogP contribution is 2.22. The smallest absolute Gasteiger partial charge is 0.329 e. The summed E-state index contributed by atoms with van der Waals surface area (Å²) in [6.07, 6.45) is 6.58. The van der Waals surface area contributed by atoms with E-state index in [1.165, 1.54) is 23.8 Å². The minimum atomic E-state index is -0.497. The Kier molecular flexibility index (Phi) is 5.58. The lowest BCUT2D eigenvalue weighted by atomic mass is 9.96. The quantitative estimate of drug-likeness (QED) is 0.838. The van der Waals surface area contributed by atoms with Crippen molar-refractivity contribution in [3.63, 3.8) is 0 Å². The number of hydrogen-bond donors (Lipinski definition) is 2. The van der Waals surface area contributed by atoms with Crippen LogP contribution in [0.1, 0.15) is 51.3 Å². The van der Waals surface area contributed by atoms with Crippen molar-refractivity contribution in [3.05, 3.63) is 26.7 Å². The Labute approximate surface area is 151 Å². The number of imidazole rings is 1. The molecular weight excluding hydrogens is 334 g/mol. The maximum absolute atomic E-state index is 12.6. The zero-order valence-electron chi connectivity index (χ0n) is 15.5. The maximum atomic E-state index is 12.6. The Morgan fingerprint density at radius 1 is 1.23 bits per heavy atom. The van der Waals surface area contributed by atoms with Crippen LogP contribution in [0.5, 0.6) is 0 Å². The third kappa shape index (κ3) is 3.89. The number of carbonyl (C=O) groups excluding carboxylic acids is 1. The molecule has 0 bridgehead atoms. The molecule has 1 aliphatic rings. The molecule has 2 N–H and O–H groups in total. The Bertz CT molecular complexity index is 894. The molecule has 8 nitrogen and oxygen atoms in total. The van der Waals surface area contributed by atoms with Gasteiger partial charge in [0.15, 0.2) is 5.65 Å². The molecule has 142 valence electrons. The molecular formula is C18H27N5O3. The molecule has 1 atom stereocenters. The number of H-pyrrole nitrogens is 2. The topological polar surface area (TPSA) is 104 Å². The Hall–Kier alpha value is -2.38. The van der Waals surface area contributed by atoms with Crippen LogP contribution in [0.15, 0.2) is 9.59 Å². The molecule has 2 aromatic heterocycles. The predicted molar refractivity (Wildman–Crippen MR) is 99.1 cm³/mol. The monoisotopic (exact) mass is 361 g/mol. The van der Waals surface area contributed by atoms with E-state index in [1.54, 1.807) is 7.05 Å². The van der Waals surface area contributed by atoms with Gasteiger partial charge >= 0.3 is 5.69 Å². The molecule has 0 spiro atoms. The predicted octanol–water partition coefficient (Wildman–Crippen LogP) is 1.31. The van der Waals surface area contributed by atoms with Crippen molar-refractivity contribution in [2.75, 3.05) is 13.1 Å². The van der Waals surface area contributed by atoms with Gasteiger partial charge in [-0.3, -0.25) is 19.1 Å². The first kappa shape index (κ1) is 18.4. The van der Waals surface area contributed by atoms with Gasteiger partial charge in [0.05, 0.1) is 0 Å². The molecule has 1 unspecified atom stereocenters. The average Bonchev–Trinajstić information content (AvgIpc) is 2.92. The number of nitrogens with zero attached hydrogens (tertiary/aromatic N) is 3. The molecule has 0 saturated carbocycles. The zero-order valence-corrected chi connectivity index (χ0v) is 15.5. The SMILES string of the molecule is CCCC1CCCN(C(=O)CCc2nc3c([nH]2)c(=O)[nH]c(=O)n3C)CC1. The normalized spacial score (nSPS) is 18.2. The van der Waals surface area contributed by atoms with Crippen LogP contribution in [0.4, 0.5) is 0 Å². The second-order valence-electron chi connectivity index (χ2n) is 7.17. The molecule has 3 rings (SSSR count). The summed E-state index contributed by atoms with van der Waals surface area (Å²) in [7, 11) is 1.56. The number of amides is 1. The molecule has 2 aromatic rings. The summed E-state index contributed by atoms with van der Waals surface area (Å²) >= 11 is 0. The number of fused-ring (bicyclic) bond motifs is 1. The largest absolute Gasteiger partial charge is 0.343 e. The number of aryl methyl sites for hydroxylation is 2. The highest BCUT2D eigenvalue weighted by molar-refractivity contribution is 5.76. The summed E-state index contributed by atoms with van der Waals surface area (Å²) in [4.78, 5) is 47.5. The van der Waals surface area contributed by atoms with E-state index in [0.29, 0.717) is 24.3 Å². The van der Waals surface area contributed by atoms with Crippen molar-refractivity contribution < 1.29 is 4.79 Å². The van der Waals surface area contributed by atoms with Crippen LogP contribution in [0.3, 0.4) is 0 Å². The lowest BCUT2D eigenvalue weighted by molar-refractivity contribution is -0.131. The molecule has 0 aromatic carbocycles. The van der Waals surface area contributed by atoms with Crippen LogP contribution in [-0.4, -0.2) is 43.4 Å². The van der Waals surface area contributed by atoms with Gasteiger partial charge in [-0.25, -0.2) is 9.78 Å². The van der Waals surface area contributed by atoms with Crippen molar-refractivity contribution in [3.8, 4) is 0 Å². The minimum absolute atomic E-state index is 0.130. The second kappa shape index (κ2) is 7.88. The molecule has 1 amide bonds. The average molecular weight is 361 g/mol. The Morgan fingerprint density at radius 2 is 2.04 bits per heavy atom. The molecule has 0 radical (unpaired) electrons. The first-order valence-electron chi connectivity index (χ1n) is 9.45. The van der Waals surface area contributed by atoms with Gasteiger partial charge < -0.3 is 9.88 Å². The summed E-state index contributed by atoms with van der Waals surface area (Å²) < 4.78 is 1.29. The summed E-state index contributed by atoms with van der Waals surface area (Å²) in [5, 5.41) is 0. The summed E-state index contributed by atoms with van der Waals surface area (Å²) in [5.74, 6) is 1.42. The minimum Gasteiger partial charge on any atom is -0.343 e. The number of aromatic amines is 2. The van der Waals surface area contributed by atoms with Gasteiger partial charge in [0, 0.05) is 33.0 Å². The molecule has 8 heteroatoms. The lowest BCUT2D eigenvalue weighted by Crippen LogP contribution is -2.32. The zero-order chi connectivity index (χ0) is 18.7. The molecule has 3 heterocycles. The number of carbonyl (C=O) groups is 1. The van der Waals surface area contributed by atoms with Crippen LogP contribution in [0, 0.1) is 5.92 Å². The number of aromatic nitrogens is 4. The van der Waals surface area contributed by atoms with E-state index in [4.69, 9.17) is 0 Å². The van der Waals surface area contributed by atoms with E-state index in [-0.39, 0.29) is 11.4 Å². The van der Waals surface area contributed by atoms with Crippen molar-refractivity contribution in [1.82, 2.24) is 24.4 Å². The van der Waals surface area contributed by atoms with E-state index < -0.39 is 11.2 Å². The van der Waals surface area contributed by atoms with Crippen LogP contribution in [0.2, 0.25) is 0 Å². The molecule has 1 fully saturated rings. The summed E-state index contributed by atoms with van der Waals surface area (Å²) in [6.45, 7) is 3.87. The van der Waals surface area contributed by atoms with Crippen molar-refractivity contribution >= 4 is 17.1 Å². The highest BCUT2D eigenvalue weighted by Gasteiger charge is 2.20. The van der Waals surface area contributed by atoms with E-state index in [9.17, 15) is 14.4 Å². The number of rotatable bonds is 5. The van der Waals surface area contributed by atoms with Crippen molar-refractivity contribution in [1.29, 1.82) is 0 Å². The number of likely N-dealkylation sites (tertiary alicyclic amines) is 1. The van der Waals surface area contributed by atoms with Crippen LogP contribution >= 0.6 is 0 Å². The fourth-order valence-electron chi connectivity index (χ4n) is 3.77. The van der Waals surface area contributed by atoms with E-state index in [1.807, 2.05) is 4.90 Å². The molecule has 0 aliphatic carbocycles. The van der Waals surface area contributed by atoms with Gasteiger partial charge in [-0.1, -0.05) is 19.8 Å². The molecule has 1 saturated heterocycles. The van der Waals surface area contributed by atoms with Crippen molar-refractivity contribution in [2.45, 2.75) is 51.9 Å². The first-order valence-corrected chi connectivity index (χ1v) is 9.45. The van der Waals surface area contributed by atoms with Crippen LogP contribution in [0.25, 0.3) is 11.2 Å². The summed E-state index contributed by atoms with van der Waals surface area (Å²) in [6, 6.07) is 0. The van der Waals surface area contributed by atoms with Crippen LogP contribution < -0.4 is 11.2 Å². The molecule has 1 aliphatic heterocycles. The fraction of sp³-hybridized carbons (Fsp3) is 0.667.